The minimum absolute atomic E-state index is 0.0304. The van der Waals surface area contributed by atoms with Crippen molar-refractivity contribution in [3.8, 4) is 0 Å². The van der Waals surface area contributed by atoms with Crippen molar-refractivity contribution in [3.05, 3.63) is 17.5 Å². The summed E-state index contributed by atoms with van der Waals surface area (Å²) in [6.07, 6.45) is 2.50. The predicted octanol–water partition coefficient (Wildman–Crippen LogP) is 0.858. The normalized spacial score (nSPS) is 12.0. The number of rotatable bonds is 8. The molecule has 6 nitrogen and oxygen atoms in total. The summed E-state index contributed by atoms with van der Waals surface area (Å²) >= 11 is 0. The van der Waals surface area contributed by atoms with Crippen LogP contribution in [0.1, 0.15) is 36.3 Å². The standard InChI is InChI=1S/C15H29N5O/c1-12-13(9-18-20(12)8-6-7-16)14(21)17-10-15(2,3)11-19(4)5/h9H,6-8,10-11,16H2,1-5H3,(H,17,21). The van der Waals surface area contributed by atoms with Crippen molar-refractivity contribution in [3.63, 3.8) is 0 Å². The molecule has 6 heteroatoms. The van der Waals surface area contributed by atoms with E-state index >= 15 is 0 Å². The molecule has 0 atom stereocenters. The molecule has 0 saturated heterocycles. The minimum Gasteiger partial charge on any atom is -0.351 e. The maximum Gasteiger partial charge on any atom is 0.254 e. The Morgan fingerprint density at radius 2 is 2.14 bits per heavy atom. The molecular formula is C15H29N5O. The smallest absolute Gasteiger partial charge is 0.254 e. The monoisotopic (exact) mass is 295 g/mol. The van der Waals surface area contributed by atoms with Crippen LogP contribution in [0.3, 0.4) is 0 Å². The zero-order valence-electron chi connectivity index (χ0n) is 13.9. The Kier molecular flexibility index (Phi) is 6.36. The number of amides is 1. The van der Waals surface area contributed by atoms with E-state index in [1.165, 1.54) is 0 Å². The molecule has 0 aliphatic rings. The van der Waals surface area contributed by atoms with Gasteiger partial charge in [0.25, 0.3) is 5.91 Å². The van der Waals surface area contributed by atoms with Gasteiger partial charge in [0.1, 0.15) is 0 Å². The molecule has 0 unspecified atom stereocenters. The molecule has 1 rings (SSSR count). The van der Waals surface area contributed by atoms with Crippen LogP contribution < -0.4 is 11.1 Å². The predicted molar refractivity (Wildman–Crippen MR) is 85.3 cm³/mol. The molecule has 1 aromatic heterocycles. The number of hydrogen-bond acceptors (Lipinski definition) is 4. The average molecular weight is 295 g/mol. The van der Waals surface area contributed by atoms with Gasteiger partial charge in [-0.25, -0.2) is 0 Å². The topological polar surface area (TPSA) is 76.2 Å². The van der Waals surface area contributed by atoms with Crippen LogP contribution in [0.2, 0.25) is 0 Å². The highest BCUT2D eigenvalue weighted by Crippen LogP contribution is 2.15. The molecule has 0 fully saturated rings. The van der Waals surface area contributed by atoms with Crippen molar-refractivity contribution in [2.75, 3.05) is 33.7 Å². The van der Waals surface area contributed by atoms with Crippen LogP contribution in [0.15, 0.2) is 6.20 Å². The second kappa shape index (κ2) is 7.56. The summed E-state index contributed by atoms with van der Waals surface area (Å²) in [4.78, 5) is 14.4. The molecule has 3 N–H and O–H groups in total. The number of nitrogens with two attached hydrogens (primary N) is 1. The van der Waals surface area contributed by atoms with E-state index in [9.17, 15) is 4.79 Å². The van der Waals surface area contributed by atoms with E-state index < -0.39 is 0 Å². The van der Waals surface area contributed by atoms with Gasteiger partial charge in [0.2, 0.25) is 0 Å². The summed E-state index contributed by atoms with van der Waals surface area (Å²) in [5.74, 6) is -0.0571. The van der Waals surface area contributed by atoms with Crippen LogP contribution in [0.4, 0.5) is 0 Å². The lowest BCUT2D eigenvalue weighted by Crippen LogP contribution is -2.40. The van der Waals surface area contributed by atoms with Crippen molar-refractivity contribution in [2.24, 2.45) is 11.1 Å². The molecule has 0 spiro atoms. The van der Waals surface area contributed by atoms with Crippen LogP contribution in [-0.2, 0) is 6.54 Å². The van der Waals surface area contributed by atoms with E-state index in [0.29, 0.717) is 18.7 Å². The lowest BCUT2D eigenvalue weighted by Gasteiger charge is -2.28. The number of aryl methyl sites for hydroxylation is 1. The Balaban J connectivity index is 2.62. The molecule has 0 aromatic carbocycles. The molecule has 0 aliphatic carbocycles. The molecule has 0 radical (unpaired) electrons. The fraction of sp³-hybridized carbons (Fsp3) is 0.733. The van der Waals surface area contributed by atoms with Gasteiger partial charge in [0.05, 0.1) is 11.8 Å². The van der Waals surface area contributed by atoms with Gasteiger partial charge in [0, 0.05) is 25.3 Å². The average Bonchev–Trinajstić information content (AvgIpc) is 2.73. The third-order valence-corrected chi connectivity index (χ3v) is 3.39. The Morgan fingerprint density at radius 3 is 2.71 bits per heavy atom. The van der Waals surface area contributed by atoms with Gasteiger partial charge in [-0.05, 0) is 39.4 Å². The van der Waals surface area contributed by atoms with Gasteiger partial charge < -0.3 is 16.0 Å². The number of aromatic nitrogens is 2. The van der Waals surface area contributed by atoms with Gasteiger partial charge in [-0.2, -0.15) is 5.10 Å². The first-order valence-corrected chi connectivity index (χ1v) is 7.42. The number of nitrogens with zero attached hydrogens (tertiary/aromatic N) is 3. The van der Waals surface area contributed by atoms with Crippen molar-refractivity contribution in [2.45, 2.75) is 33.7 Å². The van der Waals surface area contributed by atoms with Crippen molar-refractivity contribution < 1.29 is 4.79 Å². The maximum absolute atomic E-state index is 12.3. The number of nitrogens with one attached hydrogen (secondary N) is 1. The van der Waals surface area contributed by atoms with Gasteiger partial charge in [0.15, 0.2) is 0 Å². The molecule has 1 aromatic rings. The number of carbonyl (C=O) groups is 1. The van der Waals surface area contributed by atoms with Crippen molar-refractivity contribution in [1.82, 2.24) is 20.0 Å². The third kappa shape index (κ3) is 5.47. The van der Waals surface area contributed by atoms with Crippen LogP contribution in [0.5, 0.6) is 0 Å². The zero-order valence-corrected chi connectivity index (χ0v) is 13.9. The second-order valence-electron chi connectivity index (χ2n) is 6.59. The molecule has 21 heavy (non-hydrogen) atoms. The second-order valence-corrected chi connectivity index (χ2v) is 6.59. The fourth-order valence-electron chi connectivity index (χ4n) is 2.46. The Hall–Kier alpha value is -1.40. The number of carbonyl (C=O) groups excluding carboxylic acids is 1. The van der Waals surface area contributed by atoms with E-state index in [1.54, 1.807) is 6.20 Å². The van der Waals surface area contributed by atoms with E-state index in [-0.39, 0.29) is 11.3 Å². The van der Waals surface area contributed by atoms with Crippen LogP contribution >= 0.6 is 0 Å². The van der Waals surface area contributed by atoms with Crippen LogP contribution in [-0.4, -0.2) is 54.3 Å². The van der Waals surface area contributed by atoms with Crippen LogP contribution in [0, 0.1) is 12.3 Å². The van der Waals surface area contributed by atoms with E-state index in [0.717, 1.165) is 25.2 Å². The molecule has 0 saturated carbocycles. The summed E-state index contributed by atoms with van der Waals surface area (Å²) in [7, 11) is 4.07. The van der Waals surface area contributed by atoms with Crippen molar-refractivity contribution >= 4 is 5.91 Å². The SMILES string of the molecule is Cc1c(C(=O)NCC(C)(C)CN(C)C)cnn1CCCN. The van der Waals surface area contributed by atoms with Gasteiger partial charge in [-0.3, -0.25) is 9.48 Å². The molecule has 120 valence electrons. The summed E-state index contributed by atoms with van der Waals surface area (Å²) in [6.45, 7) is 9.14. The lowest BCUT2D eigenvalue weighted by atomic mass is 9.93. The molecular weight excluding hydrogens is 266 g/mol. The molecule has 0 aliphatic heterocycles. The highest BCUT2D eigenvalue weighted by Gasteiger charge is 2.21. The van der Waals surface area contributed by atoms with Gasteiger partial charge in [-0.15, -0.1) is 0 Å². The summed E-state index contributed by atoms with van der Waals surface area (Å²) in [6, 6.07) is 0. The van der Waals surface area contributed by atoms with Crippen LogP contribution in [0.25, 0.3) is 0 Å². The fourth-order valence-corrected chi connectivity index (χ4v) is 2.46. The summed E-state index contributed by atoms with van der Waals surface area (Å²) < 4.78 is 1.84. The van der Waals surface area contributed by atoms with E-state index in [4.69, 9.17) is 5.73 Å². The van der Waals surface area contributed by atoms with Crippen molar-refractivity contribution in [1.29, 1.82) is 0 Å². The first-order valence-electron chi connectivity index (χ1n) is 7.42. The third-order valence-electron chi connectivity index (χ3n) is 3.39. The Morgan fingerprint density at radius 1 is 1.48 bits per heavy atom. The maximum atomic E-state index is 12.3. The summed E-state index contributed by atoms with van der Waals surface area (Å²) in [5.41, 5.74) is 7.08. The quantitative estimate of drug-likeness (QED) is 0.746. The highest BCUT2D eigenvalue weighted by molar-refractivity contribution is 5.95. The Labute approximate surface area is 127 Å². The highest BCUT2D eigenvalue weighted by atomic mass is 16.1. The van der Waals surface area contributed by atoms with Gasteiger partial charge in [-0.1, -0.05) is 13.8 Å². The minimum atomic E-state index is -0.0571. The van der Waals surface area contributed by atoms with Gasteiger partial charge >= 0.3 is 0 Å². The zero-order chi connectivity index (χ0) is 16.0. The largest absolute Gasteiger partial charge is 0.351 e. The first-order chi connectivity index (χ1) is 9.76. The number of hydrogen-bond donors (Lipinski definition) is 2. The molecule has 0 bridgehead atoms. The van der Waals surface area contributed by atoms with E-state index in [2.05, 4.69) is 29.2 Å². The first kappa shape index (κ1) is 17.7. The Bertz CT molecular complexity index is 465. The molecule has 1 heterocycles. The lowest BCUT2D eigenvalue weighted by molar-refractivity contribution is 0.0928. The van der Waals surface area contributed by atoms with E-state index in [1.807, 2.05) is 25.7 Å². The molecule has 1 amide bonds. The summed E-state index contributed by atoms with van der Waals surface area (Å²) in [5, 5.41) is 7.27.